The molecule has 0 aromatic heterocycles. The Morgan fingerprint density at radius 2 is 1.55 bits per heavy atom. The summed E-state index contributed by atoms with van der Waals surface area (Å²) in [6.07, 6.45) is 15.0. The third-order valence-electron chi connectivity index (χ3n) is 6.87. The molecule has 0 saturated carbocycles. The van der Waals surface area contributed by atoms with Gasteiger partial charge in [0.05, 0.1) is 0 Å². The molecule has 2 heterocycles. The summed E-state index contributed by atoms with van der Waals surface area (Å²) < 4.78 is 19.4. The fraction of sp³-hybridized carbons (Fsp3) is 0.786. The van der Waals surface area contributed by atoms with Crippen LogP contribution < -0.4 is 4.46 Å². The molecule has 2 fully saturated rings. The number of aliphatic hydroxyl groups is 1. The summed E-state index contributed by atoms with van der Waals surface area (Å²) in [6, 6.07) is 10.6. The van der Waals surface area contributed by atoms with E-state index in [1.807, 2.05) is 13.8 Å². The van der Waals surface area contributed by atoms with Crippen molar-refractivity contribution < 1.29 is 19.3 Å². The standard InChI is InChI=1S/C28H46O4Se/c1-4-5-6-7-8-9-10-11-12-16-19-23(29)27(33-22-17-14-13-15-18-22)25-20-24(31-25)26-21-30-28(2,3)32-26/h13-15,17-18,23-27,29H,4-12,16,19-21H2,1-3H3/t23-,24-,25-,26-,27-/m1/s1. The summed E-state index contributed by atoms with van der Waals surface area (Å²) in [5.41, 5.74) is 0. The van der Waals surface area contributed by atoms with Crippen molar-refractivity contribution in [1.82, 2.24) is 0 Å². The molecule has 2 saturated heterocycles. The summed E-state index contributed by atoms with van der Waals surface area (Å²) in [4.78, 5) is 0.199. The summed E-state index contributed by atoms with van der Waals surface area (Å²) in [5.74, 6) is -0.512. The molecule has 3 rings (SSSR count). The van der Waals surface area contributed by atoms with Crippen molar-refractivity contribution in [2.45, 2.75) is 133 Å². The normalized spacial score (nSPS) is 26.1. The number of rotatable bonds is 16. The maximum absolute atomic E-state index is 11.1. The van der Waals surface area contributed by atoms with E-state index in [9.17, 15) is 5.11 Å². The zero-order chi connectivity index (χ0) is 23.5. The van der Waals surface area contributed by atoms with E-state index in [1.165, 1.54) is 62.2 Å². The van der Waals surface area contributed by atoms with E-state index in [1.54, 1.807) is 0 Å². The van der Waals surface area contributed by atoms with Crippen LogP contribution in [0.4, 0.5) is 0 Å². The average molecular weight is 526 g/mol. The SMILES string of the molecule is CCCCCCCCCCCC[C@@H](O)[C@@H]([Se]c1ccccc1)[C@H]1C[C@H]([C@H]2COC(C)(C)O2)O1. The molecule has 1 N–H and O–H groups in total. The van der Waals surface area contributed by atoms with Crippen LogP contribution in [0.2, 0.25) is 4.82 Å². The molecule has 0 spiro atoms. The Morgan fingerprint density at radius 1 is 0.939 bits per heavy atom. The molecule has 5 atom stereocenters. The van der Waals surface area contributed by atoms with Crippen molar-refractivity contribution >= 4 is 19.4 Å². The van der Waals surface area contributed by atoms with E-state index in [-0.39, 0.29) is 44.2 Å². The van der Waals surface area contributed by atoms with Crippen LogP contribution in [0.25, 0.3) is 0 Å². The Kier molecular flexibility index (Phi) is 11.7. The molecular formula is C28H46O4Se. The van der Waals surface area contributed by atoms with Crippen molar-refractivity contribution in [3.63, 3.8) is 0 Å². The molecular weight excluding hydrogens is 479 g/mol. The van der Waals surface area contributed by atoms with Crippen LogP contribution in [0.5, 0.6) is 0 Å². The van der Waals surface area contributed by atoms with E-state index in [4.69, 9.17) is 14.2 Å². The monoisotopic (exact) mass is 526 g/mol. The molecule has 1 aromatic carbocycles. The van der Waals surface area contributed by atoms with Gasteiger partial charge in [-0.25, -0.2) is 0 Å². The van der Waals surface area contributed by atoms with E-state index >= 15 is 0 Å². The molecule has 2 aliphatic rings. The molecule has 0 radical (unpaired) electrons. The number of hydrogen-bond donors (Lipinski definition) is 1. The molecule has 0 aliphatic carbocycles. The molecule has 5 heteroatoms. The first kappa shape index (κ1) is 27.2. The van der Waals surface area contributed by atoms with Crippen molar-refractivity contribution in [2.75, 3.05) is 6.61 Å². The fourth-order valence-electron chi connectivity index (χ4n) is 4.86. The molecule has 33 heavy (non-hydrogen) atoms. The van der Waals surface area contributed by atoms with Crippen molar-refractivity contribution in [1.29, 1.82) is 0 Å². The van der Waals surface area contributed by atoms with Crippen LogP contribution in [0.15, 0.2) is 30.3 Å². The van der Waals surface area contributed by atoms with Gasteiger partial charge in [-0.2, -0.15) is 0 Å². The maximum atomic E-state index is 11.1. The second-order valence-corrected chi connectivity index (χ2v) is 12.9. The van der Waals surface area contributed by atoms with Crippen molar-refractivity contribution in [2.24, 2.45) is 0 Å². The first-order valence-corrected chi connectivity index (χ1v) is 15.2. The Labute approximate surface area is 208 Å². The van der Waals surface area contributed by atoms with Gasteiger partial charge in [0.1, 0.15) is 0 Å². The van der Waals surface area contributed by atoms with Crippen LogP contribution >= 0.6 is 0 Å². The van der Waals surface area contributed by atoms with Gasteiger partial charge in [-0.3, -0.25) is 0 Å². The zero-order valence-electron chi connectivity index (χ0n) is 21.0. The Hall–Kier alpha value is -0.421. The quantitative estimate of drug-likeness (QED) is 0.219. The molecule has 0 unspecified atom stereocenters. The fourth-order valence-corrected chi connectivity index (χ4v) is 7.48. The van der Waals surface area contributed by atoms with Crippen molar-refractivity contribution in [3.05, 3.63) is 30.3 Å². The first-order chi connectivity index (χ1) is 16.0. The van der Waals surface area contributed by atoms with Gasteiger partial charge in [-0.15, -0.1) is 0 Å². The van der Waals surface area contributed by atoms with Gasteiger partial charge >= 0.3 is 195 Å². The number of ether oxygens (including phenoxy) is 3. The Balaban J connectivity index is 1.39. The van der Waals surface area contributed by atoms with E-state index in [0.29, 0.717) is 6.61 Å². The number of aliphatic hydroxyl groups excluding tert-OH is 1. The predicted octanol–water partition coefficient (Wildman–Crippen LogP) is 5.79. The Bertz CT molecular complexity index is 647. The van der Waals surface area contributed by atoms with Crippen LogP contribution in [-0.4, -0.2) is 56.9 Å². The summed E-state index contributed by atoms with van der Waals surface area (Å²) in [7, 11) is 0. The predicted molar refractivity (Wildman–Crippen MR) is 136 cm³/mol. The van der Waals surface area contributed by atoms with Gasteiger partial charge in [-0.05, 0) is 0 Å². The summed E-state index contributed by atoms with van der Waals surface area (Å²) in [5, 5.41) is 11.1. The average Bonchev–Trinajstić information content (AvgIpc) is 3.13. The van der Waals surface area contributed by atoms with Gasteiger partial charge < -0.3 is 0 Å². The summed E-state index contributed by atoms with van der Waals surface area (Å²) in [6.45, 7) is 6.79. The number of unbranched alkanes of at least 4 members (excludes halogenated alkanes) is 9. The van der Waals surface area contributed by atoms with E-state index < -0.39 is 5.79 Å². The molecule has 0 amide bonds. The molecule has 1 aromatic rings. The number of benzene rings is 1. The van der Waals surface area contributed by atoms with Gasteiger partial charge in [-0.1, -0.05) is 13.3 Å². The number of hydrogen-bond acceptors (Lipinski definition) is 4. The minimum atomic E-state index is -0.512. The first-order valence-electron chi connectivity index (χ1n) is 13.4. The topological polar surface area (TPSA) is 47.9 Å². The van der Waals surface area contributed by atoms with Gasteiger partial charge in [0.25, 0.3) is 0 Å². The third-order valence-corrected chi connectivity index (χ3v) is 9.88. The van der Waals surface area contributed by atoms with Gasteiger partial charge in [0.2, 0.25) is 0 Å². The minimum absolute atomic E-state index is 0.0141. The third kappa shape index (κ3) is 9.28. The molecule has 4 nitrogen and oxygen atoms in total. The molecule has 0 bridgehead atoms. The van der Waals surface area contributed by atoms with Crippen LogP contribution in [0, 0.1) is 0 Å². The van der Waals surface area contributed by atoms with E-state index in [0.717, 1.165) is 19.3 Å². The zero-order valence-corrected chi connectivity index (χ0v) is 22.8. The second kappa shape index (κ2) is 14.2. The van der Waals surface area contributed by atoms with Crippen LogP contribution in [0.3, 0.4) is 0 Å². The van der Waals surface area contributed by atoms with Crippen LogP contribution in [0.1, 0.15) is 97.8 Å². The summed E-state index contributed by atoms with van der Waals surface area (Å²) >= 11 is 0.196. The van der Waals surface area contributed by atoms with Gasteiger partial charge in [0.15, 0.2) is 0 Å². The van der Waals surface area contributed by atoms with E-state index in [2.05, 4.69) is 37.3 Å². The van der Waals surface area contributed by atoms with Crippen molar-refractivity contribution in [3.8, 4) is 0 Å². The molecule has 2 aliphatic heterocycles. The van der Waals surface area contributed by atoms with Crippen LogP contribution in [-0.2, 0) is 14.2 Å². The Morgan fingerprint density at radius 3 is 2.12 bits per heavy atom. The van der Waals surface area contributed by atoms with Gasteiger partial charge in [0, 0.05) is 0 Å². The molecule has 188 valence electrons. The second-order valence-electron chi connectivity index (χ2n) is 10.2.